The zero-order valence-corrected chi connectivity index (χ0v) is 20.5. The van der Waals surface area contributed by atoms with Crippen LogP contribution in [0, 0.1) is 11.3 Å². The second-order valence-electron chi connectivity index (χ2n) is 8.89. The van der Waals surface area contributed by atoms with Crippen LogP contribution in [-0.4, -0.2) is 50.9 Å². The van der Waals surface area contributed by atoms with Crippen molar-refractivity contribution in [1.29, 1.82) is 5.26 Å². The lowest BCUT2D eigenvalue weighted by Crippen LogP contribution is -2.51. The Labute approximate surface area is 203 Å². The van der Waals surface area contributed by atoms with Gasteiger partial charge in [-0.1, -0.05) is 12.1 Å². The topological polar surface area (TPSA) is 143 Å². The molecule has 11 heteroatoms. The third-order valence-electron chi connectivity index (χ3n) is 5.07. The summed E-state index contributed by atoms with van der Waals surface area (Å²) in [5.41, 5.74) is 0.184. The van der Waals surface area contributed by atoms with Gasteiger partial charge in [-0.15, -0.1) is 0 Å². The van der Waals surface area contributed by atoms with Crippen LogP contribution in [0.2, 0.25) is 0 Å². The molecule has 35 heavy (non-hydrogen) atoms. The van der Waals surface area contributed by atoms with E-state index in [0.717, 1.165) is 0 Å². The first kappa shape index (κ1) is 25.7. The largest absolute Gasteiger partial charge is 0.465 e. The molecule has 0 aromatic heterocycles. The fourth-order valence-corrected chi connectivity index (χ4v) is 5.11. The van der Waals surface area contributed by atoms with Crippen LogP contribution in [0.1, 0.15) is 42.3 Å². The number of rotatable bonds is 4. The van der Waals surface area contributed by atoms with Crippen molar-refractivity contribution in [2.45, 2.75) is 43.9 Å². The Balaban J connectivity index is 2.10. The Morgan fingerprint density at radius 2 is 1.83 bits per heavy atom. The molecule has 0 unspecified atom stereocenters. The molecular weight excluding hydrogens is 474 g/mol. The number of fused-ring (bicyclic) bond motifs is 1. The first-order valence-corrected chi connectivity index (χ1v) is 12.2. The number of hydrogen-bond acceptors (Lipinski definition) is 8. The summed E-state index contributed by atoms with van der Waals surface area (Å²) in [6, 6.07) is 10.8. The van der Waals surface area contributed by atoms with Gasteiger partial charge in [0.05, 0.1) is 47.2 Å². The summed E-state index contributed by atoms with van der Waals surface area (Å²) in [5.74, 6) is -2.10. The van der Waals surface area contributed by atoms with Gasteiger partial charge in [0.15, 0.2) is 9.84 Å². The van der Waals surface area contributed by atoms with E-state index >= 15 is 0 Å². The predicted molar refractivity (Wildman–Crippen MR) is 125 cm³/mol. The Bertz CT molecular complexity index is 1310. The fourth-order valence-electron chi connectivity index (χ4n) is 3.51. The highest BCUT2D eigenvalue weighted by atomic mass is 32.2. The average Bonchev–Trinajstić information content (AvgIpc) is 2.86. The minimum Gasteiger partial charge on any atom is -0.465 e. The van der Waals surface area contributed by atoms with Crippen LogP contribution in [-0.2, 0) is 30.7 Å². The summed E-state index contributed by atoms with van der Waals surface area (Å²) in [4.78, 5) is 39.1. The zero-order valence-electron chi connectivity index (χ0n) is 19.7. The van der Waals surface area contributed by atoms with Gasteiger partial charge in [0.25, 0.3) is 5.91 Å². The van der Waals surface area contributed by atoms with Crippen LogP contribution in [0.25, 0.3) is 0 Å². The van der Waals surface area contributed by atoms with Crippen molar-refractivity contribution in [3.05, 3.63) is 59.2 Å². The molecule has 1 aliphatic heterocycles. The van der Waals surface area contributed by atoms with Crippen molar-refractivity contribution in [2.75, 3.05) is 17.8 Å². The fraction of sp³-hybridized carbons (Fsp3) is 0.333. The third-order valence-corrected chi connectivity index (χ3v) is 6.86. The van der Waals surface area contributed by atoms with E-state index in [-0.39, 0.29) is 22.7 Å². The number of carbonyl (C=O) groups is 3. The molecule has 0 saturated carbocycles. The van der Waals surface area contributed by atoms with Crippen molar-refractivity contribution in [1.82, 2.24) is 5.32 Å². The highest BCUT2D eigenvalue weighted by Gasteiger charge is 2.39. The van der Waals surface area contributed by atoms with Crippen molar-refractivity contribution in [3.63, 3.8) is 0 Å². The molecule has 0 spiro atoms. The molecule has 1 atom stereocenters. The molecule has 3 rings (SSSR count). The first-order valence-electron chi connectivity index (χ1n) is 10.6. The molecule has 0 aliphatic carbocycles. The van der Waals surface area contributed by atoms with Crippen molar-refractivity contribution >= 4 is 33.5 Å². The Morgan fingerprint density at radius 1 is 1.17 bits per heavy atom. The quantitative estimate of drug-likeness (QED) is 0.632. The molecule has 184 valence electrons. The summed E-state index contributed by atoms with van der Waals surface area (Å²) in [6.45, 7) is 4.84. The van der Waals surface area contributed by atoms with E-state index in [4.69, 9.17) is 14.7 Å². The summed E-state index contributed by atoms with van der Waals surface area (Å²) in [6.07, 6.45) is -0.939. The van der Waals surface area contributed by atoms with Gasteiger partial charge >= 0.3 is 12.1 Å². The number of hydrogen-bond donors (Lipinski definition) is 1. The lowest BCUT2D eigenvalue weighted by atomic mass is 10.1. The second-order valence-corrected chi connectivity index (χ2v) is 10.9. The lowest BCUT2D eigenvalue weighted by Gasteiger charge is -2.27. The van der Waals surface area contributed by atoms with Crippen LogP contribution in [0.3, 0.4) is 0 Å². The SMILES string of the molecule is COC(=O)c1ccc2c(c1)N(Cc1ccc(C#N)cc1)C(=O)[C@@H](NC(=O)OC(C)(C)C)CS2(=O)=O. The van der Waals surface area contributed by atoms with Gasteiger partial charge in [0, 0.05) is 0 Å². The molecule has 2 aromatic carbocycles. The number of carbonyl (C=O) groups excluding carboxylic acids is 3. The van der Waals surface area contributed by atoms with Crippen molar-refractivity contribution in [2.24, 2.45) is 0 Å². The summed E-state index contributed by atoms with van der Waals surface area (Å²) >= 11 is 0. The van der Waals surface area contributed by atoms with Crippen LogP contribution in [0.15, 0.2) is 47.4 Å². The van der Waals surface area contributed by atoms with E-state index in [1.807, 2.05) is 6.07 Å². The third kappa shape index (κ3) is 5.96. The molecule has 0 radical (unpaired) electrons. The minimum absolute atomic E-state index is 0.0178. The molecule has 10 nitrogen and oxygen atoms in total. The number of esters is 1. The molecule has 0 fully saturated rings. The molecule has 1 aliphatic rings. The number of ether oxygens (including phenoxy) is 2. The van der Waals surface area contributed by atoms with Crippen molar-refractivity contribution in [3.8, 4) is 6.07 Å². The maximum Gasteiger partial charge on any atom is 0.408 e. The smallest absolute Gasteiger partial charge is 0.408 e. The van der Waals surface area contributed by atoms with Gasteiger partial charge in [-0.2, -0.15) is 5.26 Å². The number of sulfone groups is 1. The van der Waals surface area contributed by atoms with Crippen LogP contribution in [0.4, 0.5) is 10.5 Å². The van der Waals surface area contributed by atoms with E-state index in [1.54, 1.807) is 45.0 Å². The number of benzene rings is 2. The minimum atomic E-state index is -4.06. The number of nitrogens with zero attached hydrogens (tertiary/aromatic N) is 2. The number of nitriles is 1. The van der Waals surface area contributed by atoms with E-state index in [2.05, 4.69) is 5.32 Å². The molecule has 0 saturated heterocycles. The number of amides is 2. The maximum atomic E-state index is 13.6. The lowest BCUT2D eigenvalue weighted by molar-refractivity contribution is -0.120. The second kappa shape index (κ2) is 9.76. The Morgan fingerprint density at radius 3 is 2.40 bits per heavy atom. The van der Waals surface area contributed by atoms with Crippen LogP contribution >= 0.6 is 0 Å². The van der Waals surface area contributed by atoms with E-state index in [0.29, 0.717) is 11.1 Å². The molecule has 0 bridgehead atoms. The highest BCUT2D eigenvalue weighted by Crippen LogP contribution is 2.33. The predicted octanol–water partition coefficient (Wildman–Crippen LogP) is 2.56. The van der Waals surface area contributed by atoms with Crippen molar-refractivity contribution < 1.29 is 32.3 Å². The van der Waals surface area contributed by atoms with Gasteiger partial charge in [-0.3, -0.25) is 4.79 Å². The summed E-state index contributed by atoms with van der Waals surface area (Å²) in [5, 5.41) is 11.4. The van der Waals surface area contributed by atoms with Gasteiger partial charge < -0.3 is 19.7 Å². The van der Waals surface area contributed by atoms with E-state index < -0.39 is 45.2 Å². The first-order chi connectivity index (χ1) is 16.3. The number of anilines is 1. The van der Waals surface area contributed by atoms with Gasteiger partial charge in [-0.05, 0) is 56.7 Å². The molecule has 1 heterocycles. The number of methoxy groups -OCH3 is 1. The number of nitrogens with one attached hydrogen (secondary N) is 1. The van der Waals surface area contributed by atoms with E-state index in [1.165, 1.54) is 30.2 Å². The monoisotopic (exact) mass is 499 g/mol. The van der Waals surface area contributed by atoms with E-state index in [9.17, 15) is 22.8 Å². The number of alkyl carbamates (subject to hydrolysis) is 1. The average molecular weight is 500 g/mol. The van der Waals surface area contributed by atoms with Crippen LogP contribution in [0.5, 0.6) is 0 Å². The Hall–Kier alpha value is -3.91. The highest BCUT2D eigenvalue weighted by molar-refractivity contribution is 7.91. The van der Waals surface area contributed by atoms with Gasteiger partial charge in [0.1, 0.15) is 11.6 Å². The standard InChI is InChI=1S/C24H25N3O7S/c1-24(2,3)34-23(30)26-18-14-35(31,32)20-10-9-17(22(29)33-4)11-19(20)27(21(18)28)13-16-7-5-15(12-25)6-8-16/h5-11,18H,13-14H2,1-4H3,(H,26,30)/t18-/m0/s1. The van der Waals surface area contributed by atoms with Gasteiger partial charge in [-0.25, -0.2) is 18.0 Å². The summed E-state index contributed by atoms with van der Waals surface area (Å²) < 4.78 is 36.4. The zero-order chi connectivity index (χ0) is 26.0. The molecule has 2 amide bonds. The van der Waals surface area contributed by atoms with Crippen LogP contribution < -0.4 is 10.2 Å². The molecule has 2 aromatic rings. The normalized spacial score (nSPS) is 16.9. The van der Waals surface area contributed by atoms with Gasteiger partial charge in [0.2, 0.25) is 0 Å². The summed E-state index contributed by atoms with van der Waals surface area (Å²) in [7, 11) is -2.88. The maximum absolute atomic E-state index is 13.6. The molecular formula is C24H25N3O7S. The Kier molecular flexibility index (Phi) is 7.17. The molecule has 1 N–H and O–H groups in total.